The predicted octanol–water partition coefficient (Wildman–Crippen LogP) is 0.725. The SMILES string of the molecule is Cc1cc(C)c(CNC(=O)NCc2ccnn2C)c(=O)[nH]1. The van der Waals surface area contributed by atoms with E-state index in [1.165, 1.54) is 0 Å². The van der Waals surface area contributed by atoms with E-state index in [1.807, 2.05) is 33.0 Å². The molecule has 0 spiro atoms. The first-order chi connectivity index (χ1) is 9.97. The van der Waals surface area contributed by atoms with E-state index in [2.05, 4.69) is 20.7 Å². The van der Waals surface area contributed by atoms with Crippen molar-refractivity contribution in [2.45, 2.75) is 26.9 Å². The van der Waals surface area contributed by atoms with Gasteiger partial charge in [-0.15, -0.1) is 0 Å². The Morgan fingerprint density at radius 2 is 2.05 bits per heavy atom. The second-order valence-corrected chi connectivity index (χ2v) is 4.93. The van der Waals surface area contributed by atoms with Crippen molar-refractivity contribution in [1.82, 2.24) is 25.4 Å². The van der Waals surface area contributed by atoms with Gasteiger partial charge in [0.15, 0.2) is 0 Å². The summed E-state index contributed by atoms with van der Waals surface area (Å²) in [4.78, 5) is 26.3. The molecule has 0 bridgehead atoms. The molecule has 0 aliphatic carbocycles. The number of aromatic nitrogens is 3. The Hall–Kier alpha value is -2.57. The lowest BCUT2D eigenvalue weighted by molar-refractivity contribution is 0.240. The number of nitrogens with one attached hydrogen (secondary N) is 3. The number of urea groups is 1. The number of H-pyrrole nitrogens is 1. The number of hydrogen-bond donors (Lipinski definition) is 3. The lowest BCUT2D eigenvalue weighted by Crippen LogP contribution is -2.36. The second-order valence-electron chi connectivity index (χ2n) is 4.93. The molecule has 0 aliphatic heterocycles. The Labute approximate surface area is 122 Å². The zero-order valence-electron chi connectivity index (χ0n) is 12.4. The van der Waals surface area contributed by atoms with Gasteiger partial charge < -0.3 is 15.6 Å². The van der Waals surface area contributed by atoms with Crippen LogP contribution in [0.3, 0.4) is 0 Å². The van der Waals surface area contributed by atoms with Crippen molar-refractivity contribution in [2.24, 2.45) is 7.05 Å². The van der Waals surface area contributed by atoms with Crippen LogP contribution in [0.25, 0.3) is 0 Å². The zero-order valence-corrected chi connectivity index (χ0v) is 12.4. The molecule has 0 aliphatic rings. The lowest BCUT2D eigenvalue weighted by Gasteiger charge is -2.09. The zero-order chi connectivity index (χ0) is 15.4. The molecular formula is C14H19N5O2. The van der Waals surface area contributed by atoms with E-state index in [9.17, 15) is 9.59 Å². The Balaban J connectivity index is 1.90. The number of aryl methyl sites for hydroxylation is 3. The third-order valence-corrected chi connectivity index (χ3v) is 3.27. The van der Waals surface area contributed by atoms with Crippen molar-refractivity contribution >= 4 is 6.03 Å². The first-order valence-corrected chi connectivity index (χ1v) is 6.65. The molecule has 0 saturated carbocycles. The molecule has 0 saturated heterocycles. The molecule has 0 unspecified atom stereocenters. The van der Waals surface area contributed by atoms with E-state index in [-0.39, 0.29) is 18.1 Å². The van der Waals surface area contributed by atoms with Crippen molar-refractivity contribution in [3.8, 4) is 0 Å². The number of pyridine rings is 1. The number of rotatable bonds is 4. The van der Waals surface area contributed by atoms with Crippen LogP contribution in [0.1, 0.15) is 22.5 Å². The number of carbonyl (C=O) groups excluding carboxylic acids is 1. The maximum Gasteiger partial charge on any atom is 0.315 e. The quantitative estimate of drug-likeness (QED) is 0.774. The van der Waals surface area contributed by atoms with Crippen molar-refractivity contribution in [1.29, 1.82) is 0 Å². The summed E-state index contributed by atoms with van der Waals surface area (Å²) in [6.45, 7) is 4.25. The van der Waals surface area contributed by atoms with Crippen LogP contribution in [-0.2, 0) is 20.1 Å². The minimum atomic E-state index is -0.324. The number of carbonyl (C=O) groups is 1. The van der Waals surface area contributed by atoms with Gasteiger partial charge in [-0.2, -0.15) is 5.10 Å². The van der Waals surface area contributed by atoms with Crippen molar-refractivity contribution in [3.63, 3.8) is 0 Å². The molecular weight excluding hydrogens is 270 g/mol. The summed E-state index contributed by atoms with van der Waals surface area (Å²) in [5.74, 6) is 0. The van der Waals surface area contributed by atoms with Crippen molar-refractivity contribution < 1.29 is 4.79 Å². The molecule has 2 amide bonds. The van der Waals surface area contributed by atoms with E-state index in [0.717, 1.165) is 17.0 Å². The molecule has 0 aromatic carbocycles. The fourth-order valence-electron chi connectivity index (χ4n) is 2.08. The highest BCUT2D eigenvalue weighted by Gasteiger charge is 2.08. The topological polar surface area (TPSA) is 91.8 Å². The molecule has 0 fully saturated rings. The van der Waals surface area contributed by atoms with Crippen LogP contribution in [0.5, 0.6) is 0 Å². The highest BCUT2D eigenvalue weighted by molar-refractivity contribution is 5.73. The standard InChI is InChI=1S/C14H19N5O2/c1-9-6-10(2)18-13(20)12(9)8-16-14(21)15-7-11-4-5-17-19(11)3/h4-6H,7-8H2,1-3H3,(H,18,20)(H2,15,16,21). The Morgan fingerprint density at radius 3 is 2.67 bits per heavy atom. The number of amides is 2. The molecule has 2 heterocycles. The van der Waals surface area contributed by atoms with Crippen molar-refractivity contribution in [3.05, 3.63) is 51.2 Å². The summed E-state index contributed by atoms with van der Waals surface area (Å²) in [6.07, 6.45) is 1.67. The van der Waals surface area contributed by atoms with Crippen LogP contribution < -0.4 is 16.2 Å². The number of aromatic amines is 1. The van der Waals surface area contributed by atoms with Gasteiger partial charge in [0.1, 0.15) is 0 Å². The van der Waals surface area contributed by atoms with Gasteiger partial charge in [0, 0.05) is 24.5 Å². The van der Waals surface area contributed by atoms with Gasteiger partial charge in [-0.1, -0.05) is 0 Å². The van der Waals surface area contributed by atoms with Gasteiger partial charge in [-0.25, -0.2) is 4.79 Å². The molecule has 3 N–H and O–H groups in total. The van der Waals surface area contributed by atoms with E-state index < -0.39 is 0 Å². The molecule has 0 radical (unpaired) electrons. The smallest absolute Gasteiger partial charge is 0.315 e. The minimum Gasteiger partial charge on any atom is -0.334 e. The van der Waals surface area contributed by atoms with Crippen LogP contribution in [0, 0.1) is 13.8 Å². The Morgan fingerprint density at radius 1 is 1.33 bits per heavy atom. The van der Waals surface area contributed by atoms with Gasteiger partial charge in [-0.3, -0.25) is 9.48 Å². The summed E-state index contributed by atoms with van der Waals surface area (Å²) >= 11 is 0. The van der Waals surface area contributed by atoms with Crippen LogP contribution in [-0.4, -0.2) is 20.8 Å². The average Bonchev–Trinajstić information content (AvgIpc) is 2.80. The van der Waals surface area contributed by atoms with E-state index in [0.29, 0.717) is 12.1 Å². The van der Waals surface area contributed by atoms with E-state index >= 15 is 0 Å². The first kappa shape index (κ1) is 14.8. The summed E-state index contributed by atoms with van der Waals surface area (Å²) in [5.41, 5.74) is 2.97. The first-order valence-electron chi connectivity index (χ1n) is 6.65. The summed E-state index contributed by atoms with van der Waals surface area (Å²) in [5, 5.41) is 9.42. The lowest BCUT2D eigenvalue weighted by atomic mass is 10.1. The Bertz CT molecular complexity index is 702. The number of nitrogens with zero attached hydrogens (tertiary/aromatic N) is 2. The van der Waals surface area contributed by atoms with Gasteiger partial charge in [0.2, 0.25) is 0 Å². The number of hydrogen-bond acceptors (Lipinski definition) is 3. The van der Waals surface area contributed by atoms with Crippen LogP contribution in [0.2, 0.25) is 0 Å². The fraction of sp³-hybridized carbons (Fsp3) is 0.357. The van der Waals surface area contributed by atoms with Gasteiger partial charge >= 0.3 is 6.03 Å². The maximum atomic E-state index is 11.8. The Kier molecular flexibility index (Phi) is 4.42. The average molecular weight is 289 g/mol. The predicted molar refractivity (Wildman–Crippen MR) is 78.8 cm³/mol. The van der Waals surface area contributed by atoms with Crippen LogP contribution >= 0.6 is 0 Å². The third kappa shape index (κ3) is 3.71. The summed E-state index contributed by atoms with van der Waals surface area (Å²) < 4.78 is 1.69. The molecule has 21 heavy (non-hydrogen) atoms. The molecule has 0 atom stereocenters. The van der Waals surface area contributed by atoms with Gasteiger partial charge in [-0.05, 0) is 31.5 Å². The third-order valence-electron chi connectivity index (χ3n) is 3.27. The summed E-state index contributed by atoms with van der Waals surface area (Å²) in [6, 6.07) is 3.39. The highest BCUT2D eigenvalue weighted by Crippen LogP contribution is 2.02. The maximum absolute atomic E-state index is 11.8. The minimum absolute atomic E-state index is 0.167. The highest BCUT2D eigenvalue weighted by atomic mass is 16.2. The molecule has 7 nitrogen and oxygen atoms in total. The molecule has 112 valence electrons. The largest absolute Gasteiger partial charge is 0.334 e. The second kappa shape index (κ2) is 6.25. The fourth-order valence-corrected chi connectivity index (χ4v) is 2.08. The van der Waals surface area contributed by atoms with Crippen LogP contribution in [0.4, 0.5) is 4.79 Å². The van der Waals surface area contributed by atoms with E-state index in [1.54, 1.807) is 10.9 Å². The van der Waals surface area contributed by atoms with Gasteiger partial charge in [0.25, 0.3) is 5.56 Å². The molecule has 7 heteroatoms. The van der Waals surface area contributed by atoms with E-state index in [4.69, 9.17) is 0 Å². The molecule has 2 rings (SSSR count). The van der Waals surface area contributed by atoms with Crippen LogP contribution in [0.15, 0.2) is 23.1 Å². The molecule has 2 aromatic rings. The normalized spacial score (nSPS) is 10.4. The van der Waals surface area contributed by atoms with Crippen molar-refractivity contribution in [2.75, 3.05) is 0 Å². The monoisotopic (exact) mass is 289 g/mol. The summed E-state index contributed by atoms with van der Waals surface area (Å²) in [7, 11) is 1.81. The van der Waals surface area contributed by atoms with Gasteiger partial charge in [0.05, 0.1) is 18.8 Å². The molecule has 2 aromatic heterocycles.